The maximum atomic E-state index is 5.73. The third-order valence-electron chi connectivity index (χ3n) is 1.62. The Balaban J connectivity index is 2.91. The third kappa shape index (κ3) is 2.24. The number of rotatable bonds is 2. The van der Waals surface area contributed by atoms with Gasteiger partial charge < -0.3 is 5.73 Å². The molecule has 1 aromatic carbocycles. The van der Waals surface area contributed by atoms with Crippen molar-refractivity contribution in [1.82, 2.24) is 0 Å². The van der Waals surface area contributed by atoms with Gasteiger partial charge in [-0.05, 0) is 30.9 Å². The predicted molar refractivity (Wildman–Crippen MR) is 50.8 cm³/mol. The molecular formula is C9H13NS. The topological polar surface area (TPSA) is 26.0 Å². The monoisotopic (exact) mass is 167 g/mol. The van der Waals surface area contributed by atoms with E-state index in [1.807, 2.05) is 13.0 Å². The summed E-state index contributed by atoms with van der Waals surface area (Å²) < 4.78 is 0. The normalized spacial score (nSPS) is 13.0. The van der Waals surface area contributed by atoms with Crippen LogP contribution in [0.4, 0.5) is 0 Å². The van der Waals surface area contributed by atoms with E-state index < -0.39 is 0 Å². The van der Waals surface area contributed by atoms with Gasteiger partial charge in [0.1, 0.15) is 0 Å². The standard InChI is InChI=1S/C9H13NS/c1-7(10)8-4-3-5-9(6-8)11-2/h3-7H,10H2,1-2H3/t7-/m0/s1. The molecule has 60 valence electrons. The van der Waals surface area contributed by atoms with Gasteiger partial charge in [-0.25, -0.2) is 0 Å². The minimum absolute atomic E-state index is 0.141. The molecule has 0 aliphatic rings. The molecule has 0 fully saturated rings. The molecule has 1 nitrogen and oxygen atoms in total. The lowest BCUT2D eigenvalue weighted by atomic mass is 10.1. The van der Waals surface area contributed by atoms with Crippen LogP contribution in [0.5, 0.6) is 0 Å². The molecule has 0 amide bonds. The zero-order valence-electron chi connectivity index (χ0n) is 6.87. The van der Waals surface area contributed by atoms with E-state index >= 15 is 0 Å². The minimum atomic E-state index is 0.141. The Bertz CT molecular complexity index is 233. The molecule has 0 heterocycles. The fraction of sp³-hybridized carbons (Fsp3) is 0.333. The first-order valence-electron chi connectivity index (χ1n) is 3.63. The van der Waals surface area contributed by atoms with Crippen LogP contribution in [0.3, 0.4) is 0 Å². The van der Waals surface area contributed by atoms with Crippen LogP contribution in [-0.2, 0) is 0 Å². The zero-order valence-corrected chi connectivity index (χ0v) is 7.69. The van der Waals surface area contributed by atoms with Gasteiger partial charge in [0.25, 0.3) is 0 Å². The van der Waals surface area contributed by atoms with Crippen LogP contribution in [0.1, 0.15) is 18.5 Å². The summed E-state index contributed by atoms with van der Waals surface area (Å²) in [5.74, 6) is 0. The quantitative estimate of drug-likeness (QED) is 0.685. The lowest BCUT2D eigenvalue weighted by Crippen LogP contribution is -2.04. The zero-order chi connectivity index (χ0) is 8.27. The molecule has 0 radical (unpaired) electrons. The van der Waals surface area contributed by atoms with Crippen LogP contribution in [0.25, 0.3) is 0 Å². The van der Waals surface area contributed by atoms with E-state index in [0.717, 1.165) is 0 Å². The van der Waals surface area contributed by atoms with Crippen molar-refractivity contribution < 1.29 is 0 Å². The molecule has 0 unspecified atom stereocenters. The second-order valence-corrected chi connectivity index (χ2v) is 3.44. The molecule has 0 aromatic heterocycles. The van der Waals surface area contributed by atoms with Crippen molar-refractivity contribution in [3.05, 3.63) is 29.8 Å². The van der Waals surface area contributed by atoms with Crippen LogP contribution in [0.15, 0.2) is 29.2 Å². The third-order valence-corrected chi connectivity index (χ3v) is 2.34. The number of benzene rings is 1. The Morgan fingerprint density at radius 1 is 1.45 bits per heavy atom. The molecule has 0 saturated carbocycles. The van der Waals surface area contributed by atoms with Gasteiger partial charge in [-0.1, -0.05) is 12.1 Å². The summed E-state index contributed by atoms with van der Waals surface area (Å²) in [5, 5.41) is 0. The number of hydrogen-bond acceptors (Lipinski definition) is 2. The van der Waals surface area contributed by atoms with E-state index in [-0.39, 0.29) is 6.04 Å². The molecule has 0 spiro atoms. The van der Waals surface area contributed by atoms with Gasteiger partial charge in [0.15, 0.2) is 0 Å². The smallest absolute Gasteiger partial charge is 0.0266 e. The van der Waals surface area contributed by atoms with Crippen molar-refractivity contribution in [3.8, 4) is 0 Å². The maximum Gasteiger partial charge on any atom is 0.0266 e. The van der Waals surface area contributed by atoms with Crippen LogP contribution >= 0.6 is 11.8 Å². The van der Waals surface area contributed by atoms with Gasteiger partial charge in [-0.3, -0.25) is 0 Å². The Hall–Kier alpha value is -0.470. The van der Waals surface area contributed by atoms with Crippen molar-refractivity contribution in [2.75, 3.05) is 6.26 Å². The summed E-state index contributed by atoms with van der Waals surface area (Å²) in [4.78, 5) is 1.28. The maximum absolute atomic E-state index is 5.73. The fourth-order valence-electron chi connectivity index (χ4n) is 0.925. The minimum Gasteiger partial charge on any atom is -0.324 e. The first-order chi connectivity index (χ1) is 5.24. The highest BCUT2D eigenvalue weighted by atomic mass is 32.2. The van der Waals surface area contributed by atoms with Crippen molar-refractivity contribution in [1.29, 1.82) is 0 Å². The second-order valence-electron chi connectivity index (χ2n) is 2.57. The second kappa shape index (κ2) is 3.79. The van der Waals surface area contributed by atoms with E-state index in [0.29, 0.717) is 0 Å². The average molecular weight is 167 g/mol. The highest BCUT2D eigenvalue weighted by Gasteiger charge is 1.98. The fourth-order valence-corrected chi connectivity index (χ4v) is 1.39. The van der Waals surface area contributed by atoms with Gasteiger partial charge in [0.2, 0.25) is 0 Å². The summed E-state index contributed by atoms with van der Waals surface area (Å²) in [6.45, 7) is 2.00. The highest BCUT2D eigenvalue weighted by Crippen LogP contribution is 2.18. The molecule has 0 saturated heterocycles. The van der Waals surface area contributed by atoms with E-state index in [2.05, 4.69) is 24.5 Å². The Labute approximate surface area is 72.0 Å². The SMILES string of the molecule is CSc1cccc([C@H](C)N)c1. The molecule has 1 aromatic rings. The van der Waals surface area contributed by atoms with Gasteiger partial charge in [-0.15, -0.1) is 11.8 Å². The Morgan fingerprint density at radius 2 is 2.18 bits per heavy atom. The van der Waals surface area contributed by atoms with Crippen molar-refractivity contribution in [2.24, 2.45) is 5.73 Å². The van der Waals surface area contributed by atoms with Crippen molar-refractivity contribution >= 4 is 11.8 Å². The van der Waals surface area contributed by atoms with Gasteiger partial charge in [-0.2, -0.15) is 0 Å². The molecular weight excluding hydrogens is 154 g/mol. The molecule has 2 heteroatoms. The summed E-state index contributed by atoms with van der Waals surface area (Å²) in [7, 11) is 0. The highest BCUT2D eigenvalue weighted by molar-refractivity contribution is 7.98. The van der Waals surface area contributed by atoms with Crippen molar-refractivity contribution in [2.45, 2.75) is 17.9 Å². The number of nitrogens with two attached hydrogens (primary N) is 1. The summed E-state index contributed by atoms with van der Waals surface area (Å²) >= 11 is 1.74. The molecule has 1 atom stereocenters. The average Bonchev–Trinajstić information content (AvgIpc) is 2.05. The number of thioether (sulfide) groups is 1. The molecule has 11 heavy (non-hydrogen) atoms. The summed E-state index contributed by atoms with van der Waals surface area (Å²) in [6.07, 6.45) is 2.07. The number of hydrogen-bond donors (Lipinski definition) is 1. The van der Waals surface area contributed by atoms with Gasteiger partial charge in [0, 0.05) is 10.9 Å². The molecule has 0 aliphatic heterocycles. The first kappa shape index (κ1) is 8.62. The molecule has 2 N–H and O–H groups in total. The predicted octanol–water partition coefficient (Wildman–Crippen LogP) is 2.43. The summed E-state index contributed by atoms with van der Waals surface area (Å²) in [6, 6.07) is 8.47. The summed E-state index contributed by atoms with van der Waals surface area (Å²) in [5.41, 5.74) is 6.93. The van der Waals surface area contributed by atoms with Crippen LogP contribution in [-0.4, -0.2) is 6.26 Å². The largest absolute Gasteiger partial charge is 0.324 e. The van der Waals surface area contributed by atoms with Crippen LogP contribution in [0, 0.1) is 0 Å². The Morgan fingerprint density at radius 3 is 2.73 bits per heavy atom. The lowest BCUT2D eigenvalue weighted by Gasteiger charge is -2.05. The molecule has 0 bridgehead atoms. The van der Waals surface area contributed by atoms with Crippen LogP contribution < -0.4 is 5.73 Å². The van der Waals surface area contributed by atoms with Gasteiger partial charge >= 0.3 is 0 Å². The van der Waals surface area contributed by atoms with E-state index in [1.54, 1.807) is 11.8 Å². The van der Waals surface area contributed by atoms with Gasteiger partial charge in [0.05, 0.1) is 0 Å². The first-order valence-corrected chi connectivity index (χ1v) is 4.86. The van der Waals surface area contributed by atoms with E-state index in [4.69, 9.17) is 5.73 Å². The van der Waals surface area contributed by atoms with E-state index in [9.17, 15) is 0 Å². The van der Waals surface area contributed by atoms with Crippen LogP contribution in [0.2, 0.25) is 0 Å². The Kier molecular flexibility index (Phi) is 2.97. The molecule has 0 aliphatic carbocycles. The van der Waals surface area contributed by atoms with E-state index in [1.165, 1.54) is 10.5 Å². The van der Waals surface area contributed by atoms with Crippen molar-refractivity contribution in [3.63, 3.8) is 0 Å². The molecule has 1 rings (SSSR count). The lowest BCUT2D eigenvalue weighted by molar-refractivity contribution is 0.815.